The lowest BCUT2D eigenvalue weighted by Gasteiger charge is -2.29. The third kappa shape index (κ3) is 2.59. The second-order valence-corrected chi connectivity index (χ2v) is 5.57. The van der Waals surface area contributed by atoms with Crippen molar-refractivity contribution in [2.45, 2.75) is 0 Å². The van der Waals surface area contributed by atoms with E-state index in [-0.39, 0.29) is 5.56 Å². The van der Waals surface area contributed by atoms with Gasteiger partial charge in [-0.05, 0) is 24.3 Å². The standard InChI is InChI=1S/C18H17N3O2/c22-18-17-7-2-1-4-14(17)13-19-21(18)16-6-3-5-15(12-16)20-8-10-23-11-9-20/h1-7,12-13H,8-11H2. The predicted molar refractivity (Wildman–Crippen MR) is 90.4 cm³/mol. The van der Waals surface area contributed by atoms with Crippen molar-refractivity contribution < 1.29 is 4.74 Å². The van der Waals surface area contributed by atoms with Crippen LogP contribution < -0.4 is 10.5 Å². The Balaban J connectivity index is 1.79. The summed E-state index contributed by atoms with van der Waals surface area (Å²) in [5.74, 6) is 0. The lowest BCUT2D eigenvalue weighted by molar-refractivity contribution is 0.122. The molecule has 1 aromatic heterocycles. The average molecular weight is 307 g/mol. The second kappa shape index (κ2) is 5.85. The highest BCUT2D eigenvalue weighted by atomic mass is 16.5. The van der Waals surface area contributed by atoms with Crippen molar-refractivity contribution in [1.29, 1.82) is 0 Å². The van der Waals surface area contributed by atoms with Crippen molar-refractivity contribution in [3.8, 4) is 5.69 Å². The van der Waals surface area contributed by atoms with Gasteiger partial charge in [0.15, 0.2) is 0 Å². The summed E-state index contributed by atoms with van der Waals surface area (Å²) in [6.07, 6.45) is 1.73. The van der Waals surface area contributed by atoms with Crippen LogP contribution >= 0.6 is 0 Å². The lowest BCUT2D eigenvalue weighted by Crippen LogP contribution is -2.36. The molecule has 0 amide bonds. The molecule has 3 aromatic rings. The molecule has 0 saturated carbocycles. The van der Waals surface area contributed by atoms with Crippen LogP contribution in [-0.2, 0) is 4.74 Å². The molecule has 0 spiro atoms. The van der Waals surface area contributed by atoms with Crippen LogP contribution in [0.15, 0.2) is 59.5 Å². The molecule has 2 aromatic carbocycles. The Morgan fingerprint density at radius 3 is 2.61 bits per heavy atom. The summed E-state index contributed by atoms with van der Waals surface area (Å²) in [5, 5.41) is 5.86. The van der Waals surface area contributed by atoms with Gasteiger partial charge in [0.05, 0.1) is 30.5 Å². The number of rotatable bonds is 2. The number of nitrogens with zero attached hydrogens (tertiary/aromatic N) is 3. The third-order valence-electron chi connectivity index (χ3n) is 4.15. The van der Waals surface area contributed by atoms with E-state index in [1.807, 2.05) is 42.5 Å². The van der Waals surface area contributed by atoms with Crippen molar-refractivity contribution in [2.75, 3.05) is 31.2 Å². The molecule has 0 N–H and O–H groups in total. The number of ether oxygens (including phenoxy) is 1. The molecule has 0 aliphatic carbocycles. The van der Waals surface area contributed by atoms with Gasteiger partial charge >= 0.3 is 0 Å². The number of fused-ring (bicyclic) bond motifs is 1. The van der Waals surface area contributed by atoms with E-state index in [9.17, 15) is 4.79 Å². The number of anilines is 1. The van der Waals surface area contributed by atoms with E-state index in [1.165, 1.54) is 4.68 Å². The molecule has 0 bridgehead atoms. The summed E-state index contributed by atoms with van der Waals surface area (Å²) in [6.45, 7) is 3.20. The first-order chi connectivity index (χ1) is 11.3. The van der Waals surface area contributed by atoms with Gasteiger partial charge in [-0.25, -0.2) is 0 Å². The number of hydrogen-bond donors (Lipinski definition) is 0. The first kappa shape index (κ1) is 14.0. The molecule has 4 rings (SSSR count). The maximum absolute atomic E-state index is 12.7. The fraction of sp³-hybridized carbons (Fsp3) is 0.222. The zero-order valence-electron chi connectivity index (χ0n) is 12.7. The van der Waals surface area contributed by atoms with Crippen molar-refractivity contribution >= 4 is 16.5 Å². The Kier molecular flexibility index (Phi) is 3.55. The van der Waals surface area contributed by atoms with E-state index >= 15 is 0 Å². The maximum Gasteiger partial charge on any atom is 0.279 e. The molecular weight excluding hydrogens is 290 g/mol. The highest BCUT2D eigenvalue weighted by Crippen LogP contribution is 2.19. The summed E-state index contributed by atoms with van der Waals surface area (Å²) in [4.78, 5) is 14.9. The summed E-state index contributed by atoms with van der Waals surface area (Å²) in [5.41, 5.74) is 1.78. The fourth-order valence-electron chi connectivity index (χ4n) is 2.92. The molecule has 1 fully saturated rings. The van der Waals surface area contributed by atoms with Gasteiger partial charge in [0, 0.05) is 24.2 Å². The molecule has 1 saturated heterocycles. The Morgan fingerprint density at radius 1 is 0.957 bits per heavy atom. The van der Waals surface area contributed by atoms with Gasteiger partial charge < -0.3 is 9.64 Å². The summed E-state index contributed by atoms with van der Waals surface area (Å²) in [6, 6.07) is 15.5. The summed E-state index contributed by atoms with van der Waals surface area (Å²) < 4.78 is 6.86. The highest BCUT2D eigenvalue weighted by Gasteiger charge is 2.12. The van der Waals surface area contributed by atoms with Gasteiger partial charge in [-0.3, -0.25) is 4.79 Å². The smallest absolute Gasteiger partial charge is 0.279 e. The summed E-state index contributed by atoms with van der Waals surface area (Å²) >= 11 is 0. The first-order valence-electron chi connectivity index (χ1n) is 7.73. The molecule has 0 radical (unpaired) electrons. The molecule has 0 atom stereocenters. The zero-order valence-corrected chi connectivity index (χ0v) is 12.7. The van der Waals surface area contributed by atoms with E-state index in [4.69, 9.17) is 4.74 Å². The molecule has 116 valence electrons. The van der Waals surface area contributed by atoms with Crippen LogP contribution in [0.3, 0.4) is 0 Å². The molecule has 23 heavy (non-hydrogen) atoms. The third-order valence-corrected chi connectivity index (χ3v) is 4.15. The normalized spacial score (nSPS) is 15.0. The Morgan fingerprint density at radius 2 is 1.74 bits per heavy atom. The number of aromatic nitrogens is 2. The van der Waals surface area contributed by atoms with Gasteiger partial charge in [0.1, 0.15) is 0 Å². The largest absolute Gasteiger partial charge is 0.378 e. The SMILES string of the molecule is O=c1c2ccccc2cnn1-c1cccc(N2CCOCC2)c1. The molecule has 1 aliphatic rings. The fourth-order valence-corrected chi connectivity index (χ4v) is 2.92. The van der Waals surface area contributed by atoms with Crippen LogP contribution in [0.1, 0.15) is 0 Å². The Bertz CT molecular complexity index is 898. The first-order valence-corrected chi connectivity index (χ1v) is 7.73. The molecule has 1 aliphatic heterocycles. The van der Waals surface area contributed by atoms with Crippen LogP contribution in [0, 0.1) is 0 Å². The number of hydrogen-bond acceptors (Lipinski definition) is 4. The number of morpholine rings is 1. The van der Waals surface area contributed by atoms with Crippen LogP contribution in [0.5, 0.6) is 0 Å². The Hall–Kier alpha value is -2.66. The van der Waals surface area contributed by atoms with E-state index < -0.39 is 0 Å². The van der Waals surface area contributed by atoms with Gasteiger partial charge in [0.25, 0.3) is 5.56 Å². The molecule has 0 unspecified atom stereocenters. The average Bonchev–Trinajstić information content (AvgIpc) is 2.63. The van der Waals surface area contributed by atoms with Crippen molar-refractivity contribution in [3.63, 3.8) is 0 Å². The topological polar surface area (TPSA) is 47.4 Å². The predicted octanol–water partition coefficient (Wildman–Crippen LogP) is 2.22. The highest BCUT2D eigenvalue weighted by molar-refractivity contribution is 5.80. The van der Waals surface area contributed by atoms with Crippen LogP contribution in [0.25, 0.3) is 16.5 Å². The molecule has 5 nitrogen and oxygen atoms in total. The minimum atomic E-state index is -0.0952. The van der Waals surface area contributed by atoms with Crippen molar-refractivity contribution in [1.82, 2.24) is 9.78 Å². The minimum absolute atomic E-state index is 0.0952. The van der Waals surface area contributed by atoms with Gasteiger partial charge in [0.2, 0.25) is 0 Å². The minimum Gasteiger partial charge on any atom is -0.378 e. The van der Waals surface area contributed by atoms with Crippen LogP contribution in [-0.4, -0.2) is 36.1 Å². The second-order valence-electron chi connectivity index (χ2n) is 5.57. The van der Waals surface area contributed by atoms with Gasteiger partial charge in [-0.1, -0.05) is 24.3 Å². The van der Waals surface area contributed by atoms with E-state index in [1.54, 1.807) is 6.20 Å². The quantitative estimate of drug-likeness (QED) is 0.728. The van der Waals surface area contributed by atoms with E-state index in [0.717, 1.165) is 43.1 Å². The molecule has 2 heterocycles. The zero-order chi connectivity index (χ0) is 15.6. The van der Waals surface area contributed by atoms with E-state index in [0.29, 0.717) is 5.39 Å². The van der Waals surface area contributed by atoms with Crippen molar-refractivity contribution in [3.05, 3.63) is 65.1 Å². The van der Waals surface area contributed by atoms with Gasteiger partial charge in [-0.2, -0.15) is 9.78 Å². The Labute approximate surface area is 133 Å². The monoisotopic (exact) mass is 307 g/mol. The van der Waals surface area contributed by atoms with Crippen molar-refractivity contribution in [2.24, 2.45) is 0 Å². The molecule has 5 heteroatoms. The lowest BCUT2D eigenvalue weighted by atomic mass is 10.2. The molecular formula is C18H17N3O2. The van der Waals surface area contributed by atoms with Gasteiger partial charge in [-0.15, -0.1) is 0 Å². The van der Waals surface area contributed by atoms with Crippen LogP contribution in [0.2, 0.25) is 0 Å². The van der Waals surface area contributed by atoms with E-state index in [2.05, 4.69) is 16.1 Å². The maximum atomic E-state index is 12.7. The van der Waals surface area contributed by atoms with Crippen LogP contribution in [0.4, 0.5) is 5.69 Å². The summed E-state index contributed by atoms with van der Waals surface area (Å²) in [7, 11) is 0. The number of benzene rings is 2.